The van der Waals surface area contributed by atoms with Gasteiger partial charge in [-0.05, 0) is 31.2 Å². The van der Waals surface area contributed by atoms with Crippen LogP contribution in [0.5, 0.6) is 0 Å². The fraction of sp³-hybridized carbons (Fsp3) is 0.0769. The van der Waals surface area contributed by atoms with Crippen molar-refractivity contribution in [3.05, 3.63) is 42.1 Å². The van der Waals surface area contributed by atoms with Gasteiger partial charge in [0.1, 0.15) is 17.8 Å². The summed E-state index contributed by atoms with van der Waals surface area (Å²) in [5.74, 6) is -0.381. The molecule has 2 heterocycles. The lowest BCUT2D eigenvalue weighted by Gasteiger charge is -2.04. The zero-order chi connectivity index (χ0) is 12.7. The van der Waals surface area contributed by atoms with Crippen LogP contribution in [0.25, 0.3) is 22.3 Å². The number of nitrogen functional groups attached to an aromatic ring is 1. The predicted octanol–water partition coefficient (Wildman–Crippen LogP) is 2.65. The van der Waals surface area contributed by atoms with Gasteiger partial charge in [-0.25, -0.2) is 14.4 Å². The molecule has 0 atom stereocenters. The van der Waals surface area contributed by atoms with E-state index >= 15 is 0 Å². The number of benzene rings is 1. The number of rotatable bonds is 1. The van der Waals surface area contributed by atoms with E-state index in [1.54, 1.807) is 12.1 Å². The van der Waals surface area contributed by atoms with Crippen LogP contribution in [0.2, 0.25) is 0 Å². The Bertz CT molecular complexity index is 733. The summed E-state index contributed by atoms with van der Waals surface area (Å²) in [7, 11) is 0. The van der Waals surface area contributed by atoms with E-state index in [0.717, 1.165) is 11.1 Å². The first-order valence-electron chi connectivity index (χ1n) is 5.51. The van der Waals surface area contributed by atoms with Gasteiger partial charge in [0.25, 0.3) is 0 Å². The molecule has 3 rings (SSSR count). The molecule has 0 bridgehead atoms. The second kappa shape index (κ2) is 3.80. The van der Waals surface area contributed by atoms with Gasteiger partial charge in [-0.1, -0.05) is 0 Å². The molecule has 4 nitrogen and oxygen atoms in total. The molecule has 0 amide bonds. The Morgan fingerprint density at radius 3 is 2.83 bits per heavy atom. The lowest BCUT2D eigenvalue weighted by atomic mass is 10.1. The quantitative estimate of drug-likeness (QED) is 0.644. The van der Waals surface area contributed by atoms with Gasteiger partial charge in [0, 0.05) is 22.3 Å². The predicted molar refractivity (Wildman–Crippen MR) is 68.4 cm³/mol. The monoisotopic (exact) mass is 242 g/mol. The minimum atomic E-state index is -0.381. The Hall–Kier alpha value is -2.43. The van der Waals surface area contributed by atoms with Crippen LogP contribution in [0.15, 0.2) is 30.6 Å². The molecule has 0 saturated heterocycles. The number of aromatic nitrogens is 3. The largest absolute Gasteiger partial charge is 0.399 e. The molecule has 0 radical (unpaired) electrons. The molecule has 0 aliphatic heterocycles. The molecular weight excluding hydrogens is 231 g/mol. The molecule has 0 unspecified atom stereocenters. The minimum absolute atomic E-state index is 0.381. The van der Waals surface area contributed by atoms with E-state index in [0.29, 0.717) is 22.6 Å². The highest BCUT2D eigenvalue weighted by Gasteiger charge is 2.12. The van der Waals surface area contributed by atoms with E-state index in [1.807, 2.05) is 13.0 Å². The molecule has 18 heavy (non-hydrogen) atoms. The summed E-state index contributed by atoms with van der Waals surface area (Å²) in [6.45, 7) is 1.92. The van der Waals surface area contributed by atoms with Crippen molar-refractivity contribution < 1.29 is 4.39 Å². The first-order chi connectivity index (χ1) is 8.65. The van der Waals surface area contributed by atoms with Crippen molar-refractivity contribution in [1.82, 2.24) is 15.0 Å². The SMILES string of the molecule is Cc1cc2c(-c3ccc(N)cc3F)ncnc2[nH]1. The van der Waals surface area contributed by atoms with Gasteiger partial charge < -0.3 is 10.7 Å². The van der Waals surface area contributed by atoms with Crippen LogP contribution >= 0.6 is 0 Å². The number of aromatic amines is 1. The number of nitrogens with two attached hydrogens (primary N) is 1. The summed E-state index contributed by atoms with van der Waals surface area (Å²) in [6, 6.07) is 6.49. The highest BCUT2D eigenvalue weighted by Crippen LogP contribution is 2.28. The van der Waals surface area contributed by atoms with Gasteiger partial charge >= 0.3 is 0 Å². The van der Waals surface area contributed by atoms with Crippen LogP contribution in [-0.4, -0.2) is 15.0 Å². The van der Waals surface area contributed by atoms with Crippen LogP contribution < -0.4 is 5.73 Å². The number of nitrogens with one attached hydrogen (secondary N) is 1. The second-order valence-electron chi connectivity index (χ2n) is 4.18. The van der Waals surface area contributed by atoms with Crippen LogP contribution in [0.1, 0.15) is 5.69 Å². The third kappa shape index (κ3) is 1.60. The molecule has 0 saturated carbocycles. The molecule has 0 fully saturated rings. The van der Waals surface area contributed by atoms with Gasteiger partial charge in [0.15, 0.2) is 0 Å². The van der Waals surface area contributed by atoms with Crippen molar-refractivity contribution in [2.75, 3.05) is 5.73 Å². The van der Waals surface area contributed by atoms with Crippen molar-refractivity contribution in [2.24, 2.45) is 0 Å². The molecular formula is C13H11FN4. The number of hydrogen-bond acceptors (Lipinski definition) is 3. The minimum Gasteiger partial charge on any atom is -0.399 e. The molecule has 0 aliphatic carbocycles. The van der Waals surface area contributed by atoms with E-state index in [-0.39, 0.29) is 5.82 Å². The average molecular weight is 242 g/mol. The molecule has 3 aromatic rings. The number of nitrogens with zero attached hydrogens (tertiary/aromatic N) is 2. The van der Waals surface area contributed by atoms with Gasteiger partial charge in [0.05, 0.1) is 5.69 Å². The molecule has 2 aromatic heterocycles. The van der Waals surface area contributed by atoms with Gasteiger partial charge in [-0.3, -0.25) is 0 Å². The number of fused-ring (bicyclic) bond motifs is 1. The summed E-state index contributed by atoms with van der Waals surface area (Å²) < 4.78 is 13.9. The average Bonchev–Trinajstić information content (AvgIpc) is 2.69. The van der Waals surface area contributed by atoms with Crippen LogP contribution in [0, 0.1) is 12.7 Å². The first-order valence-corrected chi connectivity index (χ1v) is 5.51. The third-order valence-electron chi connectivity index (χ3n) is 2.81. The molecule has 5 heteroatoms. The zero-order valence-electron chi connectivity index (χ0n) is 9.74. The number of anilines is 1. The Labute approximate surface area is 103 Å². The maximum Gasteiger partial charge on any atom is 0.141 e. The normalized spacial score (nSPS) is 11.0. The zero-order valence-corrected chi connectivity index (χ0v) is 9.74. The van der Waals surface area contributed by atoms with E-state index in [9.17, 15) is 4.39 Å². The standard InChI is InChI=1S/C13H11FN4/c1-7-4-10-12(16-6-17-13(10)18-7)9-3-2-8(15)5-11(9)14/h2-6H,15H2,1H3,(H,16,17,18). The fourth-order valence-electron chi connectivity index (χ4n) is 2.01. The Balaban J connectivity index is 2.31. The number of hydrogen-bond donors (Lipinski definition) is 2. The molecule has 0 aliphatic rings. The Morgan fingerprint density at radius 2 is 2.06 bits per heavy atom. The van der Waals surface area contributed by atoms with Crippen molar-refractivity contribution in [3.8, 4) is 11.3 Å². The molecule has 90 valence electrons. The molecule has 1 aromatic carbocycles. The van der Waals surface area contributed by atoms with E-state index in [4.69, 9.17) is 5.73 Å². The number of halogens is 1. The van der Waals surface area contributed by atoms with Crippen molar-refractivity contribution in [2.45, 2.75) is 6.92 Å². The van der Waals surface area contributed by atoms with Crippen molar-refractivity contribution in [3.63, 3.8) is 0 Å². The van der Waals surface area contributed by atoms with Crippen LogP contribution in [0.3, 0.4) is 0 Å². The number of aryl methyl sites for hydroxylation is 1. The second-order valence-corrected chi connectivity index (χ2v) is 4.18. The van der Waals surface area contributed by atoms with Crippen LogP contribution in [-0.2, 0) is 0 Å². The van der Waals surface area contributed by atoms with E-state index in [2.05, 4.69) is 15.0 Å². The van der Waals surface area contributed by atoms with Gasteiger partial charge in [0.2, 0.25) is 0 Å². The summed E-state index contributed by atoms with van der Waals surface area (Å²) in [6.07, 6.45) is 1.42. The fourth-order valence-corrected chi connectivity index (χ4v) is 2.01. The molecule has 3 N–H and O–H groups in total. The maximum absolute atomic E-state index is 13.9. The lowest BCUT2D eigenvalue weighted by molar-refractivity contribution is 0.631. The van der Waals surface area contributed by atoms with E-state index in [1.165, 1.54) is 12.4 Å². The van der Waals surface area contributed by atoms with Crippen molar-refractivity contribution in [1.29, 1.82) is 0 Å². The van der Waals surface area contributed by atoms with E-state index < -0.39 is 0 Å². The highest BCUT2D eigenvalue weighted by molar-refractivity contribution is 5.91. The number of H-pyrrole nitrogens is 1. The smallest absolute Gasteiger partial charge is 0.141 e. The molecule has 0 spiro atoms. The first kappa shape index (κ1) is 10.7. The lowest BCUT2D eigenvalue weighted by Crippen LogP contribution is -1.92. The topological polar surface area (TPSA) is 67.6 Å². The Morgan fingerprint density at radius 1 is 1.22 bits per heavy atom. The summed E-state index contributed by atoms with van der Waals surface area (Å²) in [4.78, 5) is 11.4. The van der Waals surface area contributed by atoms with Gasteiger partial charge in [-0.2, -0.15) is 0 Å². The third-order valence-corrected chi connectivity index (χ3v) is 2.81. The summed E-state index contributed by atoms with van der Waals surface area (Å²) >= 11 is 0. The maximum atomic E-state index is 13.9. The highest BCUT2D eigenvalue weighted by atomic mass is 19.1. The summed E-state index contributed by atoms with van der Waals surface area (Å²) in [5, 5.41) is 0.804. The Kier molecular flexibility index (Phi) is 2.26. The van der Waals surface area contributed by atoms with Crippen molar-refractivity contribution >= 4 is 16.7 Å². The van der Waals surface area contributed by atoms with Crippen LogP contribution in [0.4, 0.5) is 10.1 Å². The van der Waals surface area contributed by atoms with Gasteiger partial charge in [-0.15, -0.1) is 0 Å². The summed E-state index contributed by atoms with van der Waals surface area (Å²) in [5.41, 5.74) is 8.60.